The van der Waals surface area contributed by atoms with E-state index in [0.717, 1.165) is 5.56 Å². The van der Waals surface area contributed by atoms with Crippen LogP contribution in [0.25, 0.3) is 0 Å². The van der Waals surface area contributed by atoms with Crippen molar-refractivity contribution in [2.24, 2.45) is 5.41 Å². The van der Waals surface area contributed by atoms with Crippen molar-refractivity contribution in [3.63, 3.8) is 0 Å². The Hall–Kier alpha value is -2.35. The van der Waals surface area contributed by atoms with E-state index in [1.165, 1.54) is 14.2 Å². The molecular weight excluding hydrogens is 270 g/mol. The minimum Gasteiger partial charge on any atom is -0.469 e. The van der Waals surface area contributed by atoms with Gasteiger partial charge in [-0.25, -0.2) is 4.79 Å². The lowest BCUT2D eigenvalue weighted by Gasteiger charge is -2.31. The molecular formula is C16H19NO4. The van der Waals surface area contributed by atoms with Gasteiger partial charge in [-0.1, -0.05) is 19.1 Å². The molecule has 0 aromatic heterocycles. The minimum atomic E-state index is -0.934. The van der Waals surface area contributed by atoms with Crippen LogP contribution in [0.1, 0.15) is 42.1 Å². The Labute approximate surface area is 124 Å². The zero-order valence-electron chi connectivity index (χ0n) is 12.7. The summed E-state index contributed by atoms with van der Waals surface area (Å²) in [7, 11) is 2.63. The van der Waals surface area contributed by atoms with E-state index in [1.54, 1.807) is 31.2 Å². The first-order valence-electron chi connectivity index (χ1n) is 6.54. The molecule has 0 aliphatic heterocycles. The summed E-state index contributed by atoms with van der Waals surface area (Å²) >= 11 is 0. The Morgan fingerprint density at radius 2 is 1.81 bits per heavy atom. The Morgan fingerprint density at radius 1 is 1.24 bits per heavy atom. The molecule has 2 atom stereocenters. The lowest BCUT2D eigenvalue weighted by Crippen LogP contribution is -2.34. The van der Waals surface area contributed by atoms with Gasteiger partial charge in [0.05, 0.1) is 37.7 Å². The summed E-state index contributed by atoms with van der Waals surface area (Å²) in [4.78, 5) is 23.4. The molecule has 0 saturated heterocycles. The predicted molar refractivity (Wildman–Crippen MR) is 76.5 cm³/mol. The number of rotatable bonds is 5. The monoisotopic (exact) mass is 289 g/mol. The highest BCUT2D eigenvalue weighted by atomic mass is 16.5. The SMILES string of the molecule is COC(=O)c1ccc(C(C)C(C)(CC#N)C(=O)OC)cc1. The number of hydrogen-bond acceptors (Lipinski definition) is 5. The van der Waals surface area contributed by atoms with E-state index in [4.69, 9.17) is 10.00 Å². The molecule has 5 nitrogen and oxygen atoms in total. The number of carbonyl (C=O) groups excluding carboxylic acids is 2. The molecule has 0 radical (unpaired) electrons. The van der Waals surface area contributed by atoms with Crippen LogP contribution in [-0.2, 0) is 14.3 Å². The van der Waals surface area contributed by atoms with Crippen molar-refractivity contribution in [3.8, 4) is 6.07 Å². The molecule has 0 aliphatic carbocycles. The molecule has 5 heteroatoms. The molecule has 0 heterocycles. The van der Waals surface area contributed by atoms with E-state index in [9.17, 15) is 9.59 Å². The molecule has 112 valence electrons. The number of carbonyl (C=O) groups is 2. The van der Waals surface area contributed by atoms with Crippen molar-refractivity contribution in [2.75, 3.05) is 14.2 Å². The zero-order chi connectivity index (χ0) is 16.0. The van der Waals surface area contributed by atoms with Gasteiger partial charge in [0.15, 0.2) is 0 Å². The minimum absolute atomic E-state index is 0.0552. The molecule has 0 aliphatic rings. The lowest BCUT2D eigenvalue weighted by molar-refractivity contribution is -0.152. The van der Waals surface area contributed by atoms with Crippen molar-refractivity contribution in [1.29, 1.82) is 5.26 Å². The zero-order valence-corrected chi connectivity index (χ0v) is 12.7. The lowest BCUT2D eigenvalue weighted by atomic mass is 9.72. The number of nitriles is 1. The summed E-state index contributed by atoms with van der Waals surface area (Å²) in [6, 6.07) is 8.84. The summed E-state index contributed by atoms with van der Waals surface area (Å²) in [6.07, 6.45) is 0.0552. The molecule has 0 saturated carbocycles. The normalized spacial score (nSPS) is 14.4. The number of benzene rings is 1. The average Bonchev–Trinajstić information content (AvgIpc) is 2.52. The third kappa shape index (κ3) is 3.40. The number of nitrogens with zero attached hydrogens (tertiary/aromatic N) is 1. The maximum absolute atomic E-state index is 12.0. The van der Waals surface area contributed by atoms with Gasteiger partial charge in [-0.2, -0.15) is 5.26 Å². The van der Waals surface area contributed by atoms with E-state index in [0.29, 0.717) is 5.56 Å². The van der Waals surface area contributed by atoms with Crippen molar-refractivity contribution in [2.45, 2.75) is 26.2 Å². The number of hydrogen-bond donors (Lipinski definition) is 0. The van der Waals surface area contributed by atoms with Gasteiger partial charge >= 0.3 is 11.9 Å². The Balaban J connectivity index is 3.10. The van der Waals surface area contributed by atoms with Gasteiger partial charge in [-0.15, -0.1) is 0 Å². The number of esters is 2. The fourth-order valence-electron chi connectivity index (χ4n) is 2.19. The van der Waals surface area contributed by atoms with Crippen molar-refractivity contribution in [1.82, 2.24) is 0 Å². The Bertz CT molecular complexity index is 559. The summed E-state index contributed by atoms with van der Waals surface area (Å²) in [5.41, 5.74) is 0.357. The Kier molecular flexibility index (Phi) is 5.48. The molecule has 21 heavy (non-hydrogen) atoms. The molecule has 0 amide bonds. The first kappa shape index (κ1) is 16.7. The second-order valence-electron chi connectivity index (χ2n) is 5.08. The van der Waals surface area contributed by atoms with Crippen LogP contribution in [0.3, 0.4) is 0 Å². The number of methoxy groups -OCH3 is 2. The van der Waals surface area contributed by atoms with Crippen molar-refractivity contribution < 1.29 is 19.1 Å². The molecule has 0 N–H and O–H groups in total. The van der Waals surface area contributed by atoms with Crippen LogP contribution in [0.15, 0.2) is 24.3 Å². The van der Waals surface area contributed by atoms with Gasteiger partial charge in [0, 0.05) is 0 Å². The molecule has 0 spiro atoms. The molecule has 0 bridgehead atoms. The van der Waals surface area contributed by atoms with Crippen LogP contribution in [-0.4, -0.2) is 26.2 Å². The van der Waals surface area contributed by atoms with E-state index in [-0.39, 0.29) is 12.3 Å². The van der Waals surface area contributed by atoms with Crippen LogP contribution in [0.4, 0.5) is 0 Å². The summed E-state index contributed by atoms with van der Waals surface area (Å²) in [5, 5.41) is 8.97. The van der Waals surface area contributed by atoms with E-state index >= 15 is 0 Å². The topological polar surface area (TPSA) is 76.4 Å². The highest BCUT2D eigenvalue weighted by Crippen LogP contribution is 2.39. The van der Waals surface area contributed by atoms with Gasteiger partial charge < -0.3 is 9.47 Å². The molecule has 1 aromatic carbocycles. The first-order valence-corrected chi connectivity index (χ1v) is 6.54. The maximum Gasteiger partial charge on any atom is 0.337 e. The fourth-order valence-corrected chi connectivity index (χ4v) is 2.19. The third-order valence-corrected chi connectivity index (χ3v) is 3.89. The second-order valence-corrected chi connectivity index (χ2v) is 5.08. The second kappa shape index (κ2) is 6.89. The summed E-state index contributed by atoms with van der Waals surface area (Å²) < 4.78 is 9.47. The van der Waals surface area contributed by atoms with Crippen LogP contribution in [0.5, 0.6) is 0 Å². The smallest absolute Gasteiger partial charge is 0.337 e. The standard InChI is InChI=1S/C16H19NO4/c1-11(16(2,9-10-17)15(19)21-4)12-5-7-13(8-6-12)14(18)20-3/h5-8,11H,9H2,1-4H3. The predicted octanol–water partition coefficient (Wildman–Crippen LogP) is 2.67. The maximum atomic E-state index is 12.0. The van der Waals surface area contributed by atoms with E-state index in [2.05, 4.69) is 4.74 Å². The fraction of sp³-hybridized carbons (Fsp3) is 0.438. The molecule has 2 unspecified atom stereocenters. The largest absolute Gasteiger partial charge is 0.469 e. The van der Waals surface area contributed by atoms with Crippen LogP contribution in [0, 0.1) is 16.7 Å². The summed E-state index contributed by atoms with van der Waals surface area (Å²) in [6.45, 7) is 3.57. The Morgan fingerprint density at radius 3 is 2.24 bits per heavy atom. The molecule has 1 rings (SSSR count). The van der Waals surface area contributed by atoms with Crippen LogP contribution < -0.4 is 0 Å². The quantitative estimate of drug-likeness (QED) is 0.779. The van der Waals surface area contributed by atoms with Gasteiger partial charge in [0.1, 0.15) is 0 Å². The van der Waals surface area contributed by atoms with Crippen molar-refractivity contribution in [3.05, 3.63) is 35.4 Å². The van der Waals surface area contributed by atoms with Gasteiger partial charge in [0.25, 0.3) is 0 Å². The first-order chi connectivity index (χ1) is 9.90. The van der Waals surface area contributed by atoms with Crippen molar-refractivity contribution >= 4 is 11.9 Å². The highest BCUT2D eigenvalue weighted by molar-refractivity contribution is 5.89. The van der Waals surface area contributed by atoms with Crippen LogP contribution >= 0.6 is 0 Å². The molecule has 0 fully saturated rings. The van der Waals surface area contributed by atoms with E-state index in [1.807, 2.05) is 13.0 Å². The molecule has 1 aromatic rings. The summed E-state index contributed by atoms with van der Waals surface area (Å²) in [5.74, 6) is -1.06. The number of ether oxygens (including phenoxy) is 2. The average molecular weight is 289 g/mol. The van der Waals surface area contributed by atoms with Gasteiger partial charge in [0.2, 0.25) is 0 Å². The van der Waals surface area contributed by atoms with Crippen LogP contribution in [0.2, 0.25) is 0 Å². The third-order valence-electron chi connectivity index (χ3n) is 3.89. The van der Waals surface area contributed by atoms with Gasteiger partial charge in [-0.05, 0) is 30.5 Å². The van der Waals surface area contributed by atoms with E-state index < -0.39 is 17.4 Å². The van der Waals surface area contributed by atoms with Gasteiger partial charge in [-0.3, -0.25) is 4.79 Å². The highest BCUT2D eigenvalue weighted by Gasteiger charge is 2.40.